The van der Waals surface area contributed by atoms with E-state index < -0.39 is 0 Å². The van der Waals surface area contributed by atoms with Crippen molar-refractivity contribution in [3.8, 4) is 11.4 Å². The molecule has 30 heavy (non-hydrogen) atoms. The molecule has 2 N–H and O–H groups in total. The van der Waals surface area contributed by atoms with Crippen molar-refractivity contribution in [3.05, 3.63) is 58.5 Å². The summed E-state index contributed by atoms with van der Waals surface area (Å²) in [4.78, 5) is 41.0. The number of aromatic nitrogens is 1. The molecule has 3 heterocycles. The van der Waals surface area contributed by atoms with Crippen LogP contribution < -0.4 is 16.0 Å². The Bertz CT molecular complexity index is 990. The minimum absolute atomic E-state index is 0.0395. The first-order valence-corrected chi connectivity index (χ1v) is 10.2. The Labute approximate surface area is 174 Å². The predicted molar refractivity (Wildman–Crippen MR) is 112 cm³/mol. The molecule has 0 bridgehead atoms. The van der Waals surface area contributed by atoms with E-state index in [1.165, 1.54) is 17.7 Å². The fourth-order valence-corrected chi connectivity index (χ4v) is 4.21. The molecule has 0 radical (unpaired) electrons. The summed E-state index contributed by atoms with van der Waals surface area (Å²) in [6.45, 7) is 2.88. The molecule has 2 amide bonds. The van der Waals surface area contributed by atoms with Crippen LogP contribution in [0.3, 0.4) is 0 Å². The highest BCUT2D eigenvalue weighted by atomic mass is 16.5. The minimum atomic E-state index is -0.256. The Morgan fingerprint density at radius 2 is 1.77 bits per heavy atom. The number of likely N-dealkylation sites (tertiary alicyclic amines) is 2. The van der Waals surface area contributed by atoms with Gasteiger partial charge in [-0.3, -0.25) is 23.9 Å². The molecular formula is C22H26N4O4. The largest absolute Gasteiger partial charge is 0.496 e. The fraction of sp³-hybridized carbons (Fsp3) is 0.409. The monoisotopic (exact) mass is 410 g/mol. The number of carbonyl (C=O) groups excluding carboxylic acids is 2. The first-order chi connectivity index (χ1) is 14.5. The lowest BCUT2D eigenvalue weighted by Gasteiger charge is -2.47. The maximum Gasteiger partial charge on any atom is 0.259 e. The molecule has 2 aliphatic heterocycles. The van der Waals surface area contributed by atoms with Crippen molar-refractivity contribution in [1.29, 1.82) is 0 Å². The number of ether oxygens (including phenoxy) is 1. The number of primary amides is 1. The van der Waals surface area contributed by atoms with Crippen molar-refractivity contribution in [3.63, 3.8) is 0 Å². The third-order valence-corrected chi connectivity index (χ3v) is 6.10. The number of hydrogen-bond donors (Lipinski definition) is 1. The third kappa shape index (κ3) is 3.82. The van der Waals surface area contributed by atoms with Crippen molar-refractivity contribution < 1.29 is 14.3 Å². The Morgan fingerprint density at radius 3 is 2.37 bits per heavy atom. The Morgan fingerprint density at radius 1 is 1.10 bits per heavy atom. The number of nitrogens with two attached hydrogens (primary N) is 1. The quantitative estimate of drug-likeness (QED) is 0.789. The lowest BCUT2D eigenvalue weighted by atomic mass is 9.93. The molecule has 2 aromatic rings. The summed E-state index contributed by atoms with van der Waals surface area (Å²) in [6.07, 6.45) is 3.11. The van der Waals surface area contributed by atoms with Gasteiger partial charge in [-0.1, -0.05) is 18.2 Å². The summed E-state index contributed by atoms with van der Waals surface area (Å²) < 4.78 is 6.78. The summed E-state index contributed by atoms with van der Waals surface area (Å²) in [5, 5.41) is 0. The van der Waals surface area contributed by atoms with Gasteiger partial charge >= 0.3 is 0 Å². The van der Waals surface area contributed by atoms with E-state index in [9.17, 15) is 14.4 Å². The molecule has 1 aromatic heterocycles. The standard InChI is InChI=1S/C22H26N4O4/c1-30-19-11-20(27)26(16-5-3-2-4-6-16)14-18(19)22(29)25-12-17(13-25)24-9-7-15(8-10-24)21(23)28/h2-6,11,14-15,17H,7-10,12-13H2,1H3,(H2,23,28). The Kier molecular flexibility index (Phi) is 5.59. The van der Waals surface area contributed by atoms with Gasteiger partial charge in [-0.2, -0.15) is 0 Å². The van der Waals surface area contributed by atoms with Gasteiger partial charge in [0.25, 0.3) is 11.5 Å². The molecule has 0 saturated carbocycles. The van der Waals surface area contributed by atoms with Gasteiger partial charge in [-0.05, 0) is 38.1 Å². The van der Waals surface area contributed by atoms with Gasteiger partial charge in [0.05, 0.1) is 12.7 Å². The summed E-state index contributed by atoms with van der Waals surface area (Å²) >= 11 is 0. The number of hydrogen-bond acceptors (Lipinski definition) is 5. The van der Waals surface area contributed by atoms with Crippen LogP contribution in [0.1, 0.15) is 23.2 Å². The predicted octanol–water partition coefficient (Wildman–Crippen LogP) is 0.868. The number of rotatable bonds is 5. The number of nitrogens with zero attached hydrogens (tertiary/aromatic N) is 3. The molecule has 0 atom stereocenters. The van der Waals surface area contributed by atoms with Gasteiger partial charge in [0, 0.05) is 43.0 Å². The van der Waals surface area contributed by atoms with Gasteiger partial charge in [0.2, 0.25) is 5.91 Å². The highest BCUT2D eigenvalue weighted by Crippen LogP contribution is 2.26. The van der Waals surface area contributed by atoms with E-state index >= 15 is 0 Å². The molecule has 2 fully saturated rings. The van der Waals surface area contributed by atoms with Crippen molar-refractivity contribution in [1.82, 2.24) is 14.4 Å². The average Bonchev–Trinajstić information content (AvgIpc) is 2.73. The van der Waals surface area contributed by atoms with Crippen LogP contribution in [0.15, 0.2) is 47.4 Å². The van der Waals surface area contributed by atoms with E-state index in [1.54, 1.807) is 11.1 Å². The second kappa shape index (κ2) is 8.31. The lowest BCUT2D eigenvalue weighted by molar-refractivity contribution is -0.123. The highest BCUT2D eigenvalue weighted by Gasteiger charge is 2.38. The zero-order chi connectivity index (χ0) is 21.3. The number of para-hydroxylation sites is 1. The first-order valence-electron chi connectivity index (χ1n) is 10.2. The van der Waals surface area contributed by atoms with Crippen LogP contribution in [-0.2, 0) is 4.79 Å². The summed E-state index contributed by atoms with van der Waals surface area (Å²) in [5.41, 5.74) is 6.21. The van der Waals surface area contributed by atoms with Crippen LogP contribution in [0.5, 0.6) is 5.75 Å². The van der Waals surface area contributed by atoms with Crippen LogP contribution in [0.25, 0.3) is 5.69 Å². The highest BCUT2D eigenvalue weighted by molar-refractivity contribution is 5.97. The molecule has 0 spiro atoms. The van der Waals surface area contributed by atoms with Crippen molar-refractivity contribution in [2.45, 2.75) is 18.9 Å². The number of methoxy groups -OCH3 is 1. The second-order valence-electron chi connectivity index (χ2n) is 7.88. The lowest BCUT2D eigenvalue weighted by Crippen LogP contribution is -2.62. The van der Waals surface area contributed by atoms with Crippen LogP contribution in [0.4, 0.5) is 0 Å². The SMILES string of the molecule is COc1cc(=O)n(-c2ccccc2)cc1C(=O)N1CC(N2CCC(C(N)=O)CC2)C1. The van der Waals surface area contributed by atoms with E-state index in [0.717, 1.165) is 25.9 Å². The smallest absolute Gasteiger partial charge is 0.259 e. The molecule has 158 valence electrons. The molecule has 0 unspecified atom stereocenters. The van der Waals surface area contributed by atoms with Gasteiger partial charge in [-0.15, -0.1) is 0 Å². The number of amides is 2. The number of carbonyl (C=O) groups is 2. The molecular weight excluding hydrogens is 384 g/mol. The van der Waals surface area contributed by atoms with E-state index in [1.807, 2.05) is 30.3 Å². The van der Waals surface area contributed by atoms with E-state index in [4.69, 9.17) is 10.5 Å². The summed E-state index contributed by atoms with van der Waals surface area (Å²) in [7, 11) is 1.46. The van der Waals surface area contributed by atoms with Crippen LogP contribution in [0, 0.1) is 5.92 Å². The summed E-state index contributed by atoms with van der Waals surface area (Å²) in [5.74, 6) is -0.134. The molecule has 2 saturated heterocycles. The fourth-order valence-electron chi connectivity index (χ4n) is 4.21. The van der Waals surface area contributed by atoms with Crippen LogP contribution in [0.2, 0.25) is 0 Å². The van der Waals surface area contributed by atoms with Crippen LogP contribution >= 0.6 is 0 Å². The molecule has 2 aliphatic rings. The first kappa shape index (κ1) is 20.2. The second-order valence-corrected chi connectivity index (χ2v) is 7.88. The number of benzene rings is 1. The topological polar surface area (TPSA) is 97.9 Å². The number of piperidine rings is 1. The van der Waals surface area contributed by atoms with Crippen LogP contribution in [-0.4, -0.2) is 65.5 Å². The molecule has 0 aliphatic carbocycles. The maximum atomic E-state index is 13.1. The van der Waals surface area contributed by atoms with E-state index in [0.29, 0.717) is 24.3 Å². The van der Waals surface area contributed by atoms with Crippen molar-refractivity contribution >= 4 is 11.8 Å². The molecule has 1 aromatic carbocycles. The van der Waals surface area contributed by atoms with Crippen molar-refractivity contribution in [2.75, 3.05) is 33.3 Å². The maximum absolute atomic E-state index is 13.1. The van der Waals surface area contributed by atoms with Gasteiger partial charge in [0.15, 0.2) is 0 Å². The zero-order valence-electron chi connectivity index (χ0n) is 17.0. The third-order valence-electron chi connectivity index (χ3n) is 6.10. The van der Waals surface area contributed by atoms with Gasteiger partial charge in [-0.25, -0.2) is 0 Å². The average molecular weight is 410 g/mol. The van der Waals surface area contributed by atoms with Gasteiger partial charge < -0.3 is 15.4 Å². The van der Waals surface area contributed by atoms with Gasteiger partial charge in [0.1, 0.15) is 5.75 Å². The van der Waals surface area contributed by atoms with E-state index in [2.05, 4.69) is 4.90 Å². The minimum Gasteiger partial charge on any atom is -0.496 e. The molecule has 8 heteroatoms. The molecule has 4 rings (SSSR count). The zero-order valence-corrected chi connectivity index (χ0v) is 17.0. The number of pyridine rings is 1. The summed E-state index contributed by atoms with van der Waals surface area (Å²) in [6, 6.07) is 10.8. The Hall–Kier alpha value is -3.13. The normalized spacial score (nSPS) is 18.1. The molecule has 8 nitrogen and oxygen atoms in total. The Balaban J connectivity index is 1.47. The van der Waals surface area contributed by atoms with Crippen molar-refractivity contribution in [2.24, 2.45) is 11.7 Å². The van der Waals surface area contributed by atoms with E-state index in [-0.39, 0.29) is 35.1 Å².